The first-order chi connectivity index (χ1) is 8.15. The number of rotatable bonds is 5. The minimum absolute atomic E-state index is 0.00763. The van der Waals surface area contributed by atoms with Crippen LogP contribution in [0, 0.1) is 17.2 Å². The summed E-state index contributed by atoms with van der Waals surface area (Å²) >= 11 is 0. The van der Waals surface area contributed by atoms with E-state index < -0.39 is 0 Å². The van der Waals surface area contributed by atoms with Crippen LogP contribution in [0.2, 0.25) is 0 Å². The van der Waals surface area contributed by atoms with Crippen molar-refractivity contribution in [2.75, 3.05) is 0 Å². The lowest BCUT2D eigenvalue weighted by molar-refractivity contribution is -0.125. The van der Waals surface area contributed by atoms with Crippen molar-refractivity contribution < 1.29 is 4.79 Å². The zero-order valence-corrected chi connectivity index (χ0v) is 10.3. The molecule has 1 N–H and O–H groups in total. The summed E-state index contributed by atoms with van der Waals surface area (Å²) < 4.78 is 0. The van der Waals surface area contributed by atoms with E-state index in [2.05, 4.69) is 11.4 Å². The molecule has 0 bridgehead atoms. The van der Waals surface area contributed by atoms with Crippen LogP contribution in [0.4, 0.5) is 0 Å². The summed E-state index contributed by atoms with van der Waals surface area (Å²) in [6.07, 6.45) is 1.04. The van der Waals surface area contributed by atoms with Crippen LogP contribution in [-0.4, -0.2) is 5.91 Å². The third-order valence-electron chi connectivity index (χ3n) is 2.80. The van der Waals surface area contributed by atoms with Crippen LogP contribution in [0.25, 0.3) is 0 Å². The summed E-state index contributed by atoms with van der Waals surface area (Å²) in [6, 6.07) is 11.9. The third-order valence-corrected chi connectivity index (χ3v) is 2.80. The molecule has 3 heteroatoms. The van der Waals surface area contributed by atoms with Gasteiger partial charge in [-0.2, -0.15) is 5.26 Å². The lowest BCUT2D eigenvalue weighted by atomic mass is 10.0. The molecular formula is C14H18N2O. The molecule has 0 aromatic heterocycles. The number of nitrogens with one attached hydrogen (secondary N) is 1. The zero-order chi connectivity index (χ0) is 12.7. The Morgan fingerprint density at radius 2 is 2.00 bits per heavy atom. The molecule has 0 aliphatic carbocycles. The highest BCUT2D eigenvalue weighted by atomic mass is 16.1. The number of nitrogens with zero attached hydrogens (tertiary/aromatic N) is 1. The number of hydrogen-bond acceptors (Lipinski definition) is 2. The lowest BCUT2D eigenvalue weighted by Gasteiger charge is -2.17. The number of benzene rings is 1. The number of hydrogen-bond donors (Lipinski definition) is 1. The Morgan fingerprint density at radius 3 is 2.59 bits per heavy atom. The Bertz CT molecular complexity index is 394. The van der Waals surface area contributed by atoms with E-state index in [4.69, 9.17) is 5.26 Å². The summed E-state index contributed by atoms with van der Waals surface area (Å²) in [7, 11) is 0. The van der Waals surface area contributed by atoms with Gasteiger partial charge in [-0.15, -0.1) is 0 Å². The molecule has 2 atom stereocenters. The molecule has 0 radical (unpaired) electrons. The Labute approximate surface area is 102 Å². The van der Waals surface area contributed by atoms with Crippen LogP contribution in [0.3, 0.4) is 0 Å². The number of amides is 1. The van der Waals surface area contributed by atoms with Gasteiger partial charge in [-0.05, 0) is 18.9 Å². The van der Waals surface area contributed by atoms with Gasteiger partial charge in [-0.25, -0.2) is 0 Å². The largest absolute Gasteiger partial charge is 0.349 e. The predicted molar refractivity (Wildman–Crippen MR) is 67.0 cm³/mol. The monoisotopic (exact) mass is 230 g/mol. The van der Waals surface area contributed by atoms with Gasteiger partial charge in [-0.3, -0.25) is 4.79 Å². The number of carbonyl (C=O) groups is 1. The molecule has 1 aromatic carbocycles. The van der Waals surface area contributed by atoms with Gasteiger partial charge in [0.1, 0.15) is 0 Å². The Balaban J connectivity index is 2.49. The first-order valence-corrected chi connectivity index (χ1v) is 5.87. The molecule has 0 unspecified atom stereocenters. The van der Waals surface area contributed by atoms with Crippen molar-refractivity contribution in [3.05, 3.63) is 35.9 Å². The topological polar surface area (TPSA) is 52.9 Å². The van der Waals surface area contributed by atoms with Crippen LogP contribution in [0.5, 0.6) is 0 Å². The van der Waals surface area contributed by atoms with Gasteiger partial charge in [0, 0.05) is 12.3 Å². The molecule has 1 aromatic rings. The van der Waals surface area contributed by atoms with E-state index in [9.17, 15) is 4.79 Å². The van der Waals surface area contributed by atoms with E-state index in [0.29, 0.717) is 12.8 Å². The Morgan fingerprint density at radius 1 is 1.35 bits per heavy atom. The van der Waals surface area contributed by atoms with Crippen LogP contribution >= 0.6 is 0 Å². The molecule has 1 amide bonds. The second kappa shape index (κ2) is 6.70. The molecule has 0 aliphatic heterocycles. The summed E-state index contributed by atoms with van der Waals surface area (Å²) in [6.45, 7) is 3.81. The normalized spacial score (nSPS) is 13.5. The fourth-order valence-electron chi connectivity index (χ4n) is 1.59. The number of nitriles is 1. The standard InChI is InChI=1S/C14H18N2O/c1-11(7-6-10-15)14(17)16-12(2)13-8-4-3-5-9-13/h3-5,8-9,11-12H,6-7H2,1-2H3,(H,16,17)/t11-,12+/m1/s1. The van der Waals surface area contributed by atoms with E-state index in [-0.39, 0.29) is 17.9 Å². The van der Waals surface area contributed by atoms with E-state index in [1.54, 1.807) is 0 Å². The fourth-order valence-corrected chi connectivity index (χ4v) is 1.59. The van der Waals surface area contributed by atoms with Crippen molar-refractivity contribution in [3.8, 4) is 6.07 Å². The third kappa shape index (κ3) is 4.28. The maximum Gasteiger partial charge on any atom is 0.223 e. The highest BCUT2D eigenvalue weighted by Gasteiger charge is 2.15. The minimum atomic E-state index is -0.110. The summed E-state index contributed by atoms with van der Waals surface area (Å²) in [5.41, 5.74) is 1.09. The molecule has 3 nitrogen and oxygen atoms in total. The second-order valence-corrected chi connectivity index (χ2v) is 4.24. The highest BCUT2D eigenvalue weighted by Crippen LogP contribution is 2.13. The molecule has 0 fully saturated rings. The lowest BCUT2D eigenvalue weighted by Crippen LogP contribution is -2.31. The van der Waals surface area contributed by atoms with Crippen molar-refractivity contribution >= 4 is 5.91 Å². The van der Waals surface area contributed by atoms with Crippen molar-refractivity contribution in [1.82, 2.24) is 5.32 Å². The zero-order valence-electron chi connectivity index (χ0n) is 10.3. The van der Waals surface area contributed by atoms with Gasteiger partial charge >= 0.3 is 0 Å². The van der Waals surface area contributed by atoms with Gasteiger partial charge < -0.3 is 5.32 Å². The first-order valence-electron chi connectivity index (χ1n) is 5.87. The second-order valence-electron chi connectivity index (χ2n) is 4.24. The highest BCUT2D eigenvalue weighted by molar-refractivity contribution is 5.78. The maximum absolute atomic E-state index is 11.8. The number of carbonyl (C=O) groups excluding carboxylic acids is 1. The van der Waals surface area contributed by atoms with Crippen LogP contribution in [0.1, 0.15) is 38.3 Å². The molecule has 0 saturated carbocycles. The predicted octanol–water partition coefficient (Wildman–Crippen LogP) is 2.80. The quantitative estimate of drug-likeness (QED) is 0.845. The minimum Gasteiger partial charge on any atom is -0.349 e. The fraction of sp³-hybridized carbons (Fsp3) is 0.429. The molecule has 90 valence electrons. The van der Waals surface area contributed by atoms with E-state index in [0.717, 1.165) is 5.56 Å². The van der Waals surface area contributed by atoms with Gasteiger partial charge in [0.15, 0.2) is 0 Å². The van der Waals surface area contributed by atoms with Crippen LogP contribution < -0.4 is 5.32 Å². The van der Waals surface area contributed by atoms with Gasteiger partial charge in [0.05, 0.1) is 12.1 Å². The van der Waals surface area contributed by atoms with E-state index in [1.165, 1.54) is 0 Å². The average Bonchev–Trinajstić information content (AvgIpc) is 2.36. The summed E-state index contributed by atoms with van der Waals surface area (Å²) in [4.78, 5) is 11.8. The molecule has 0 spiro atoms. The Kier molecular flexibility index (Phi) is 5.22. The molecule has 17 heavy (non-hydrogen) atoms. The van der Waals surface area contributed by atoms with E-state index in [1.807, 2.05) is 44.2 Å². The molecule has 0 heterocycles. The average molecular weight is 230 g/mol. The molecular weight excluding hydrogens is 212 g/mol. The maximum atomic E-state index is 11.8. The van der Waals surface area contributed by atoms with Gasteiger partial charge in [0.25, 0.3) is 0 Å². The molecule has 0 aliphatic rings. The smallest absolute Gasteiger partial charge is 0.223 e. The summed E-state index contributed by atoms with van der Waals surface area (Å²) in [5, 5.41) is 11.4. The molecule has 0 saturated heterocycles. The van der Waals surface area contributed by atoms with Gasteiger partial charge in [0.2, 0.25) is 5.91 Å². The Hall–Kier alpha value is -1.82. The van der Waals surface area contributed by atoms with E-state index >= 15 is 0 Å². The van der Waals surface area contributed by atoms with Crippen LogP contribution in [-0.2, 0) is 4.79 Å². The SMILES string of the molecule is C[C@H](CCC#N)C(=O)N[C@@H](C)c1ccccc1. The van der Waals surface area contributed by atoms with Crippen molar-refractivity contribution in [2.45, 2.75) is 32.7 Å². The van der Waals surface area contributed by atoms with Crippen LogP contribution in [0.15, 0.2) is 30.3 Å². The van der Waals surface area contributed by atoms with Gasteiger partial charge in [-0.1, -0.05) is 37.3 Å². The first kappa shape index (κ1) is 13.2. The van der Waals surface area contributed by atoms with Crippen molar-refractivity contribution in [2.24, 2.45) is 5.92 Å². The van der Waals surface area contributed by atoms with Crippen molar-refractivity contribution in [3.63, 3.8) is 0 Å². The van der Waals surface area contributed by atoms with Crippen molar-refractivity contribution in [1.29, 1.82) is 5.26 Å². The molecule has 1 rings (SSSR count). The summed E-state index contributed by atoms with van der Waals surface area (Å²) in [5.74, 6) is -0.0996.